The molecule has 2 aromatic rings. The van der Waals surface area contributed by atoms with Crippen LogP contribution in [0.2, 0.25) is 0 Å². The molecule has 1 N–H and O–H groups in total. The summed E-state index contributed by atoms with van der Waals surface area (Å²) in [7, 11) is 1.39. The number of nitrogens with one attached hydrogen (secondary N) is 1. The normalized spacial score (nSPS) is 18.4. The van der Waals surface area contributed by atoms with Gasteiger partial charge in [-0.15, -0.1) is 11.3 Å². The smallest absolute Gasteiger partial charge is 0.337 e. The molecule has 1 saturated heterocycles. The van der Waals surface area contributed by atoms with Gasteiger partial charge in [-0.1, -0.05) is 18.6 Å². The minimum atomic E-state index is -0.317. The van der Waals surface area contributed by atoms with Crippen LogP contribution in [-0.4, -0.2) is 24.6 Å². The van der Waals surface area contributed by atoms with Crippen LogP contribution in [0.3, 0.4) is 0 Å². The Hall–Kier alpha value is -1.72. The van der Waals surface area contributed by atoms with E-state index in [0.29, 0.717) is 11.6 Å². The summed E-state index contributed by atoms with van der Waals surface area (Å²) in [6.07, 6.45) is 3.64. The maximum Gasteiger partial charge on any atom is 0.337 e. The first kappa shape index (κ1) is 14.2. The standard InChI is InChI=1S/C16H18N2O2S/c1-20-16(19)12-6-4-5-11(9-12)15-18-14(10-21-15)13-7-2-3-8-17-13/h4-6,9-10,13,17H,2-3,7-8H2,1H3. The Bertz CT molecular complexity index is 633. The van der Waals surface area contributed by atoms with Crippen LogP contribution in [0, 0.1) is 0 Å². The van der Waals surface area contributed by atoms with Gasteiger partial charge in [0.05, 0.1) is 24.4 Å². The van der Waals surface area contributed by atoms with E-state index in [4.69, 9.17) is 9.72 Å². The molecule has 1 atom stereocenters. The number of thiazole rings is 1. The molecular weight excluding hydrogens is 284 g/mol. The molecule has 5 heteroatoms. The third kappa shape index (κ3) is 3.14. The minimum absolute atomic E-state index is 0.317. The monoisotopic (exact) mass is 302 g/mol. The van der Waals surface area contributed by atoms with Crippen molar-refractivity contribution in [2.24, 2.45) is 0 Å². The lowest BCUT2D eigenvalue weighted by Gasteiger charge is -2.21. The molecule has 1 aliphatic rings. The fourth-order valence-electron chi connectivity index (χ4n) is 2.58. The number of carbonyl (C=O) groups is 1. The van der Waals surface area contributed by atoms with E-state index < -0.39 is 0 Å². The van der Waals surface area contributed by atoms with Crippen molar-refractivity contribution >= 4 is 17.3 Å². The van der Waals surface area contributed by atoms with Crippen LogP contribution >= 0.6 is 11.3 Å². The summed E-state index contributed by atoms with van der Waals surface area (Å²) >= 11 is 1.62. The quantitative estimate of drug-likeness (QED) is 0.883. The van der Waals surface area contributed by atoms with Crippen molar-refractivity contribution in [1.29, 1.82) is 0 Å². The van der Waals surface area contributed by atoms with Gasteiger partial charge in [0.1, 0.15) is 5.01 Å². The Labute approximate surface area is 128 Å². The highest BCUT2D eigenvalue weighted by Crippen LogP contribution is 2.29. The fraction of sp³-hybridized carbons (Fsp3) is 0.375. The highest BCUT2D eigenvalue weighted by atomic mass is 32.1. The maximum absolute atomic E-state index is 11.6. The van der Waals surface area contributed by atoms with Gasteiger partial charge in [0, 0.05) is 10.9 Å². The van der Waals surface area contributed by atoms with E-state index in [2.05, 4.69) is 10.7 Å². The van der Waals surface area contributed by atoms with E-state index in [9.17, 15) is 4.79 Å². The number of methoxy groups -OCH3 is 1. The van der Waals surface area contributed by atoms with Crippen molar-refractivity contribution in [3.05, 3.63) is 40.9 Å². The Morgan fingerprint density at radius 2 is 2.33 bits per heavy atom. The van der Waals surface area contributed by atoms with Crippen molar-refractivity contribution in [1.82, 2.24) is 10.3 Å². The molecule has 0 aliphatic carbocycles. The van der Waals surface area contributed by atoms with Crippen molar-refractivity contribution in [3.63, 3.8) is 0 Å². The van der Waals surface area contributed by atoms with E-state index >= 15 is 0 Å². The SMILES string of the molecule is COC(=O)c1cccc(-c2nc(C3CCCCN3)cs2)c1. The largest absolute Gasteiger partial charge is 0.465 e. The highest BCUT2D eigenvalue weighted by Gasteiger charge is 2.18. The zero-order valence-electron chi connectivity index (χ0n) is 12.0. The summed E-state index contributed by atoms with van der Waals surface area (Å²) in [5.74, 6) is -0.317. The van der Waals surface area contributed by atoms with Gasteiger partial charge in [-0.3, -0.25) is 0 Å². The van der Waals surface area contributed by atoms with Crippen LogP contribution in [0.1, 0.15) is 41.4 Å². The number of hydrogen-bond donors (Lipinski definition) is 1. The van der Waals surface area contributed by atoms with Gasteiger partial charge >= 0.3 is 5.97 Å². The average Bonchev–Trinajstić information content (AvgIpc) is 3.05. The molecule has 0 amide bonds. The van der Waals surface area contributed by atoms with Gasteiger partial charge in [-0.2, -0.15) is 0 Å². The Balaban J connectivity index is 1.84. The van der Waals surface area contributed by atoms with Crippen LogP contribution in [0.4, 0.5) is 0 Å². The summed E-state index contributed by atoms with van der Waals surface area (Å²) in [4.78, 5) is 16.3. The van der Waals surface area contributed by atoms with E-state index in [1.54, 1.807) is 17.4 Å². The van der Waals surface area contributed by atoms with Crippen LogP contribution in [0.15, 0.2) is 29.6 Å². The molecule has 1 aromatic heterocycles. The second-order valence-electron chi connectivity index (χ2n) is 5.15. The van der Waals surface area contributed by atoms with Crippen molar-refractivity contribution in [2.75, 3.05) is 13.7 Å². The van der Waals surface area contributed by atoms with Crippen molar-refractivity contribution < 1.29 is 9.53 Å². The number of nitrogens with zero attached hydrogens (tertiary/aromatic N) is 1. The molecule has 0 radical (unpaired) electrons. The maximum atomic E-state index is 11.6. The van der Waals surface area contributed by atoms with E-state index in [-0.39, 0.29) is 5.97 Å². The van der Waals surface area contributed by atoms with Crippen LogP contribution < -0.4 is 5.32 Å². The number of esters is 1. The Morgan fingerprint density at radius 3 is 3.10 bits per heavy atom. The molecule has 4 nitrogen and oxygen atoms in total. The summed E-state index contributed by atoms with van der Waals surface area (Å²) in [6.45, 7) is 1.06. The third-order valence-corrected chi connectivity index (χ3v) is 4.63. The lowest BCUT2D eigenvalue weighted by Crippen LogP contribution is -2.26. The number of carbonyl (C=O) groups excluding carboxylic acids is 1. The van der Waals surface area contributed by atoms with Gasteiger partial charge in [0.15, 0.2) is 0 Å². The number of benzene rings is 1. The second-order valence-corrected chi connectivity index (χ2v) is 6.01. The zero-order chi connectivity index (χ0) is 14.7. The molecule has 2 heterocycles. The second kappa shape index (κ2) is 6.37. The number of ether oxygens (including phenoxy) is 1. The first-order valence-electron chi connectivity index (χ1n) is 7.15. The molecule has 110 valence electrons. The van der Waals surface area contributed by atoms with E-state index in [0.717, 1.165) is 29.2 Å². The predicted octanol–water partition coefficient (Wildman–Crippen LogP) is 3.41. The highest BCUT2D eigenvalue weighted by molar-refractivity contribution is 7.13. The summed E-state index contributed by atoms with van der Waals surface area (Å²) in [6, 6.07) is 7.80. The Kier molecular flexibility index (Phi) is 4.31. The first-order valence-corrected chi connectivity index (χ1v) is 8.03. The molecule has 1 aromatic carbocycles. The summed E-state index contributed by atoms with van der Waals surface area (Å²) in [5, 5.41) is 6.57. The lowest BCUT2D eigenvalue weighted by molar-refractivity contribution is 0.0601. The Morgan fingerprint density at radius 1 is 1.43 bits per heavy atom. The minimum Gasteiger partial charge on any atom is -0.465 e. The van der Waals surface area contributed by atoms with Gasteiger partial charge in [-0.25, -0.2) is 9.78 Å². The first-order chi connectivity index (χ1) is 10.3. The molecule has 3 rings (SSSR count). The average molecular weight is 302 g/mol. The molecule has 0 bridgehead atoms. The summed E-state index contributed by atoms with van der Waals surface area (Å²) < 4.78 is 4.76. The molecule has 0 spiro atoms. The number of rotatable bonds is 3. The van der Waals surface area contributed by atoms with Crippen LogP contribution in [0.25, 0.3) is 10.6 Å². The van der Waals surface area contributed by atoms with E-state index in [1.807, 2.05) is 18.2 Å². The fourth-order valence-corrected chi connectivity index (χ4v) is 3.45. The predicted molar refractivity (Wildman–Crippen MR) is 83.5 cm³/mol. The van der Waals surface area contributed by atoms with Gasteiger partial charge in [0.25, 0.3) is 0 Å². The molecule has 1 fully saturated rings. The van der Waals surface area contributed by atoms with Gasteiger partial charge in [0.2, 0.25) is 0 Å². The number of hydrogen-bond acceptors (Lipinski definition) is 5. The number of piperidine rings is 1. The van der Waals surface area contributed by atoms with Gasteiger partial charge < -0.3 is 10.1 Å². The third-order valence-electron chi connectivity index (χ3n) is 3.72. The van der Waals surface area contributed by atoms with E-state index in [1.165, 1.54) is 20.0 Å². The molecule has 1 unspecified atom stereocenters. The van der Waals surface area contributed by atoms with Crippen LogP contribution in [-0.2, 0) is 4.74 Å². The number of aromatic nitrogens is 1. The molecule has 0 saturated carbocycles. The summed E-state index contributed by atoms with van der Waals surface area (Å²) in [5.41, 5.74) is 2.63. The van der Waals surface area contributed by atoms with Crippen LogP contribution in [0.5, 0.6) is 0 Å². The van der Waals surface area contributed by atoms with Crippen molar-refractivity contribution in [2.45, 2.75) is 25.3 Å². The van der Waals surface area contributed by atoms with Crippen molar-refractivity contribution in [3.8, 4) is 10.6 Å². The molecular formula is C16H18N2O2S. The molecule has 21 heavy (non-hydrogen) atoms. The lowest BCUT2D eigenvalue weighted by atomic mass is 10.0. The zero-order valence-corrected chi connectivity index (χ0v) is 12.8. The molecule has 1 aliphatic heterocycles. The topological polar surface area (TPSA) is 51.2 Å². The van der Waals surface area contributed by atoms with Gasteiger partial charge in [-0.05, 0) is 31.5 Å².